The van der Waals surface area contributed by atoms with Gasteiger partial charge in [-0.3, -0.25) is 0 Å². The van der Waals surface area contributed by atoms with Gasteiger partial charge in [0.1, 0.15) is 11.6 Å². The Kier molecular flexibility index (Phi) is 8.40. The van der Waals surface area contributed by atoms with E-state index in [0.29, 0.717) is 17.0 Å². The molecule has 2 saturated heterocycles. The highest BCUT2D eigenvalue weighted by Crippen LogP contribution is 2.41. The summed E-state index contributed by atoms with van der Waals surface area (Å²) in [6, 6.07) is 10.5. The molecule has 1 unspecified atom stereocenters. The molecular formula is C29H41ClN6S. The van der Waals surface area contributed by atoms with Gasteiger partial charge in [0.15, 0.2) is 5.11 Å². The van der Waals surface area contributed by atoms with Crippen molar-refractivity contribution in [3.63, 3.8) is 0 Å². The van der Waals surface area contributed by atoms with Gasteiger partial charge in [0.05, 0.1) is 0 Å². The van der Waals surface area contributed by atoms with Crippen LogP contribution in [0.5, 0.6) is 0 Å². The average molecular weight is 541 g/mol. The molecule has 2 aromatic rings. The lowest BCUT2D eigenvalue weighted by molar-refractivity contribution is 0.434. The lowest BCUT2D eigenvalue weighted by Gasteiger charge is -2.34. The van der Waals surface area contributed by atoms with Gasteiger partial charge in [0, 0.05) is 49.2 Å². The maximum absolute atomic E-state index is 6.35. The van der Waals surface area contributed by atoms with Gasteiger partial charge < -0.3 is 20.4 Å². The fourth-order valence-corrected chi connectivity index (χ4v) is 6.62. The first kappa shape index (κ1) is 26.5. The molecule has 2 N–H and O–H groups in total. The smallest absolute Gasteiger partial charge is 0.232 e. The van der Waals surface area contributed by atoms with E-state index in [0.717, 1.165) is 68.1 Å². The summed E-state index contributed by atoms with van der Waals surface area (Å²) in [7, 11) is 0. The Labute approximate surface area is 232 Å². The van der Waals surface area contributed by atoms with E-state index in [1.54, 1.807) is 0 Å². The summed E-state index contributed by atoms with van der Waals surface area (Å²) in [5, 5.41) is 8.23. The zero-order chi connectivity index (χ0) is 25.8. The molecule has 2 aliphatic heterocycles. The molecule has 1 aromatic carbocycles. The van der Waals surface area contributed by atoms with Crippen LogP contribution in [0, 0.1) is 11.8 Å². The van der Waals surface area contributed by atoms with Gasteiger partial charge in [0.2, 0.25) is 5.95 Å². The molecule has 1 aliphatic carbocycles. The standard InChI is InChI=1S/C29H41ClN6S/c1-21-10-15-35(16-11-21)25-18-26(36-14-6-7-22(2)19-36)33-27(32-25)34-28(37)31-20-29(12-3-4-13-29)23-8-5-9-24(30)17-23/h5,8-9,17-18,21-22H,3-4,6-7,10-16,19-20H2,1-2H3,(H2,31,32,33,34,37). The molecule has 0 spiro atoms. The highest BCUT2D eigenvalue weighted by Gasteiger charge is 2.36. The number of rotatable bonds is 6. The molecule has 6 nitrogen and oxygen atoms in total. The van der Waals surface area contributed by atoms with E-state index in [9.17, 15) is 0 Å². The number of benzene rings is 1. The predicted molar refractivity (Wildman–Crippen MR) is 159 cm³/mol. The fraction of sp³-hybridized carbons (Fsp3) is 0.621. The molecule has 3 fully saturated rings. The third-order valence-corrected chi connectivity index (χ3v) is 9.08. The Bertz CT molecular complexity index is 1080. The zero-order valence-electron chi connectivity index (χ0n) is 22.3. The normalized spacial score (nSPS) is 22.2. The quantitative estimate of drug-likeness (QED) is 0.411. The fourth-order valence-electron chi connectivity index (χ4n) is 6.27. The van der Waals surface area contributed by atoms with Crippen molar-refractivity contribution in [3.8, 4) is 0 Å². The number of halogens is 1. The van der Waals surface area contributed by atoms with Gasteiger partial charge in [-0.25, -0.2) is 0 Å². The van der Waals surface area contributed by atoms with E-state index in [4.69, 9.17) is 33.8 Å². The van der Waals surface area contributed by atoms with E-state index >= 15 is 0 Å². The van der Waals surface area contributed by atoms with Crippen LogP contribution in [0.25, 0.3) is 0 Å². The Morgan fingerprint density at radius 2 is 1.70 bits per heavy atom. The topological polar surface area (TPSA) is 56.3 Å². The van der Waals surface area contributed by atoms with Crippen LogP contribution < -0.4 is 20.4 Å². The summed E-state index contributed by atoms with van der Waals surface area (Å²) in [5.74, 6) is 4.05. The van der Waals surface area contributed by atoms with E-state index < -0.39 is 0 Å². The molecule has 0 amide bonds. The minimum absolute atomic E-state index is 0.0545. The molecule has 0 bridgehead atoms. The van der Waals surface area contributed by atoms with Crippen LogP contribution in [0.15, 0.2) is 30.3 Å². The minimum atomic E-state index is 0.0545. The van der Waals surface area contributed by atoms with E-state index in [1.165, 1.54) is 44.1 Å². The number of nitrogens with one attached hydrogen (secondary N) is 2. The van der Waals surface area contributed by atoms with E-state index in [-0.39, 0.29) is 5.41 Å². The summed E-state index contributed by atoms with van der Waals surface area (Å²) in [6.45, 7) is 9.61. The molecule has 0 radical (unpaired) electrons. The number of hydrogen-bond acceptors (Lipinski definition) is 5. The number of thiocarbonyl (C=S) groups is 1. The number of piperidine rings is 2. The number of hydrogen-bond donors (Lipinski definition) is 2. The van der Waals surface area contributed by atoms with Crippen molar-refractivity contribution in [2.45, 2.75) is 70.6 Å². The summed E-state index contributed by atoms with van der Waals surface area (Å²) in [5.41, 5.74) is 1.35. The highest BCUT2D eigenvalue weighted by molar-refractivity contribution is 7.80. The van der Waals surface area contributed by atoms with Crippen molar-refractivity contribution in [3.05, 3.63) is 40.9 Å². The van der Waals surface area contributed by atoms with Crippen molar-refractivity contribution < 1.29 is 0 Å². The number of anilines is 3. The molecule has 1 aromatic heterocycles. The lowest BCUT2D eigenvalue weighted by atomic mass is 9.79. The largest absolute Gasteiger partial charge is 0.361 e. The Hall–Kier alpha value is -2.12. The predicted octanol–water partition coefficient (Wildman–Crippen LogP) is 6.40. The van der Waals surface area contributed by atoms with Gasteiger partial charge in [-0.2, -0.15) is 9.97 Å². The van der Waals surface area contributed by atoms with Crippen molar-refractivity contribution in [2.24, 2.45) is 11.8 Å². The maximum atomic E-state index is 6.35. The third kappa shape index (κ3) is 6.48. The summed E-state index contributed by atoms with van der Waals surface area (Å²) in [6.07, 6.45) is 9.63. The second-order valence-electron chi connectivity index (χ2n) is 11.6. The van der Waals surface area contributed by atoms with Crippen molar-refractivity contribution in [1.82, 2.24) is 15.3 Å². The van der Waals surface area contributed by atoms with Crippen molar-refractivity contribution in [2.75, 3.05) is 47.8 Å². The molecule has 3 aliphatic rings. The first-order chi connectivity index (χ1) is 17.9. The summed E-state index contributed by atoms with van der Waals surface area (Å²) >= 11 is 12.1. The summed E-state index contributed by atoms with van der Waals surface area (Å²) < 4.78 is 0. The van der Waals surface area contributed by atoms with E-state index in [2.05, 4.69) is 58.5 Å². The van der Waals surface area contributed by atoms with Crippen LogP contribution in [0.3, 0.4) is 0 Å². The molecule has 1 atom stereocenters. The first-order valence-corrected chi connectivity index (χ1v) is 14.9. The molecule has 200 valence electrons. The van der Waals surface area contributed by atoms with Crippen LogP contribution in [0.4, 0.5) is 17.6 Å². The number of aromatic nitrogens is 2. The second-order valence-corrected chi connectivity index (χ2v) is 12.4. The molecule has 5 rings (SSSR count). The monoisotopic (exact) mass is 540 g/mol. The Morgan fingerprint density at radius 3 is 2.41 bits per heavy atom. The van der Waals surface area contributed by atoms with Crippen LogP contribution in [0.2, 0.25) is 5.02 Å². The SMILES string of the molecule is CC1CCN(c2cc(N3CCCC(C)C3)nc(NC(=S)NCC3(c4cccc(Cl)c4)CCCC3)n2)CC1. The molecule has 1 saturated carbocycles. The van der Waals surface area contributed by atoms with Crippen LogP contribution in [-0.4, -0.2) is 47.8 Å². The maximum Gasteiger partial charge on any atom is 0.232 e. The van der Waals surface area contributed by atoms with Gasteiger partial charge in [-0.05, 0) is 80.3 Å². The van der Waals surface area contributed by atoms with Gasteiger partial charge in [-0.15, -0.1) is 0 Å². The molecular weight excluding hydrogens is 500 g/mol. The molecule has 37 heavy (non-hydrogen) atoms. The van der Waals surface area contributed by atoms with E-state index in [1.807, 2.05) is 6.07 Å². The van der Waals surface area contributed by atoms with Gasteiger partial charge in [0.25, 0.3) is 0 Å². The minimum Gasteiger partial charge on any atom is -0.361 e. The third-order valence-electron chi connectivity index (χ3n) is 8.60. The highest BCUT2D eigenvalue weighted by atomic mass is 35.5. The molecule has 8 heteroatoms. The van der Waals surface area contributed by atoms with Gasteiger partial charge >= 0.3 is 0 Å². The summed E-state index contributed by atoms with van der Waals surface area (Å²) in [4.78, 5) is 14.7. The Balaban J connectivity index is 1.32. The van der Waals surface area contributed by atoms with Crippen LogP contribution in [0.1, 0.15) is 70.8 Å². The number of nitrogens with zero attached hydrogens (tertiary/aromatic N) is 4. The Morgan fingerprint density at radius 1 is 0.973 bits per heavy atom. The lowest BCUT2D eigenvalue weighted by Crippen LogP contribution is -2.41. The van der Waals surface area contributed by atoms with Crippen molar-refractivity contribution >= 4 is 46.5 Å². The molecule has 3 heterocycles. The van der Waals surface area contributed by atoms with Crippen LogP contribution >= 0.6 is 23.8 Å². The zero-order valence-corrected chi connectivity index (χ0v) is 23.9. The van der Waals surface area contributed by atoms with Crippen LogP contribution in [-0.2, 0) is 5.41 Å². The van der Waals surface area contributed by atoms with Gasteiger partial charge in [-0.1, -0.05) is 50.4 Å². The first-order valence-electron chi connectivity index (χ1n) is 14.1. The van der Waals surface area contributed by atoms with Crippen molar-refractivity contribution in [1.29, 1.82) is 0 Å². The average Bonchev–Trinajstić information content (AvgIpc) is 3.38. The second kappa shape index (κ2) is 11.7.